The Morgan fingerprint density at radius 2 is 2.11 bits per heavy atom. The summed E-state index contributed by atoms with van der Waals surface area (Å²) < 4.78 is 19.0. The summed E-state index contributed by atoms with van der Waals surface area (Å²) in [5.41, 5.74) is 5.36. The molecule has 1 aromatic heterocycles. The van der Waals surface area contributed by atoms with Crippen molar-refractivity contribution in [2.45, 2.75) is 0 Å². The van der Waals surface area contributed by atoms with E-state index in [1.165, 1.54) is 30.5 Å². The van der Waals surface area contributed by atoms with E-state index in [1.54, 1.807) is 6.07 Å². The molecular formula is C12H8BrFN2O2. The highest BCUT2D eigenvalue weighted by Crippen LogP contribution is 2.24. The van der Waals surface area contributed by atoms with Gasteiger partial charge in [-0.2, -0.15) is 0 Å². The van der Waals surface area contributed by atoms with E-state index < -0.39 is 11.7 Å². The maximum absolute atomic E-state index is 13.1. The lowest BCUT2D eigenvalue weighted by atomic mass is 10.3. The Balaban J connectivity index is 2.20. The number of nitrogens with zero attached hydrogens (tertiary/aromatic N) is 1. The van der Waals surface area contributed by atoms with E-state index in [0.717, 1.165) is 0 Å². The number of rotatable bonds is 3. The average Bonchev–Trinajstić information content (AvgIpc) is 2.28. The van der Waals surface area contributed by atoms with Crippen molar-refractivity contribution in [3.8, 4) is 11.6 Å². The van der Waals surface area contributed by atoms with Crippen molar-refractivity contribution < 1.29 is 13.9 Å². The van der Waals surface area contributed by atoms with Gasteiger partial charge in [0.15, 0.2) is 0 Å². The number of hydrogen-bond acceptors (Lipinski definition) is 3. The summed E-state index contributed by atoms with van der Waals surface area (Å²) in [6.45, 7) is 0. The number of carbonyl (C=O) groups is 1. The molecule has 0 radical (unpaired) electrons. The molecule has 1 amide bonds. The van der Waals surface area contributed by atoms with E-state index in [0.29, 0.717) is 10.2 Å². The van der Waals surface area contributed by atoms with Gasteiger partial charge in [0, 0.05) is 22.8 Å². The van der Waals surface area contributed by atoms with E-state index in [-0.39, 0.29) is 11.4 Å². The number of amides is 1. The largest absolute Gasteiger partial charge is 0.439 e. The van der Waals surface area contributed by atoms with Crippen LogP contribution in [0.25, 0.3) is 0 Å². The zero-order valence-electron chi connectivity index (χ0n) is 9.06. The van der Waals surface area contributed by atoms with Crippen LogP contribution in [0.15, 0.2) is 41.0 Å². The summed E-state index contributed by atoms with van der Waals surface area (Å²) >= 11 is 3.16. The van der Waals surface area contributed by atoms with Gasteiger partial charge in [0.1, 0.15) is 11.6 Å². The molecule has 0 fully saturated rings. The number of hydrogen-bond donors (Lipinski definition) is 1. The molecule has 92 valence electrons. The molecule has 2 rings (SSSR count). The minimum atomic E-state index is -0.567. The van der Waals surface area contributed by atoms with Crippen LogP contribution in [0.4, 0.5) is 4.39 Å². The van der Waals surface area contributed by atoms with Gasteiger partial charge in [-0.15, -0.1) is 0 Å². The van der Waals surface area contributed by atoms with Gasteiger partial charge in [0.25, 0.3) is 0 Å². The molecule has 0 saturated carbocycles. The SMILES string of the molecule is NC(=O)c1ccc(Oc2cc(F)cc(Br)c2)nc1. The van der Waals surface area contributed by atoms with Gasteiger partial charge in [0.2, 0.25) is 11.8 Å². The first-order valence-electron chi connectivity index (χ1n) is 4.94. The lowest BCUT2D eigenvalue weighted by Crippen LogP contribution is -2.10. The number of halogens is 2. The summed E-state index contributed by atoms with van der Waals surface area (Å²) in [7, 11) is 0. The Bertz CT molecular complexity index is 567. The van der Waals surface area contributed by atoms with Crippen molar-refractivity contribution in [2.75, 3.05) is 0 Å². The topological polar surface area (TPSA) is 65.2 Å². The quantitative estimate of drug-likeness (QED) is 0.948. The van der Waals surface area contributed by atoms with Crippen LogP contribution in [-0.2, 0) is 0 Å². The molecule has 0 atom stereocenters. The molecule has 0 saturated heterocycles. The summed E-state index contributed by atoms with van der Waals surface area (Å²) in [5, 5.41) is 0. The Labute approximate surface area is 111 Å². The van der Waals surface area contributed by atoms with Crippen molar-refractivity contribution in [3.63, 3.8) is 0 Å². The monoisotopic (exact) mass is 310 g/mol. The number of aromatic nitrogens is 1. The molecule has 1 aromatic carbocycles. The predicted molar refractivity (Wildman–Crippen MR) is 66.9 cm³/mol. The molecule has 18 heavy (non-hydrogen) atoms. The summed E-state index contributed by atoms with van der Waals surface area (Å²) in [6.07, 6.45) is 1.30. The van der Waals surface area contributed by atoms with Crippen LogP contribution in [-0.4, -0.2) is 10.9 Å². The van der Waals surface area contributed by atoms with Crippen molar-refractivity contribution in [3.05, 3.63) is 52.4 Å². The Hall–Kier alpha value is -1.95. The highest BCUT2D eigenvalue weighted by molar-refractivity contribution is 9.10. The molecular weight excluding hydrogens is 303 g/mol. The second kappa shape index (κ2) is 5.14. The first-order chi connectivity index (χ1) is 8.54. The van der Waals surface area contributed by atoms with Gasteiger partial charge in [-0.25, -0.2) is 9.37 Å². The maximum atomic E-state index is 13.1. The number of nitrogens with two attached hydrogens (primary N) is 1. The summed E-state index contributed by atoms with van der Waals surface area (Å²) in [4.78, 5) is 14.7. The number of pyridine rings is 1. The van der Waals surface area contributed by atoms with Crippen LogP contribution in [0.5, 0.6) is 11.6 Å². The fourth-order valence-corrected chi connectivity index (χ4v) is 1.74. The van der Waals surface area contributed by atoms with Gasteiger partial charge < -0.3 is 10.5 Å². The Morgan fingerprint density at radius 1 is 1.33 bits per heavy atom. The third-order valence-electron chi connectivity index (χ3n) is 2.08. The first kappa shape index (κ1) is 12.5. The Kier molecular flexibility index (Phi) is 3.57. The molecule has 2 N–H and O–H groups in total. The van der Waals surface area contributed by atoms with E-state index in [9.17, 15) is 9.18 Å². The highest BCUT2D eigenvalue weighted by Gasteiger charge is 2.04. The van der Waals surface area contributed by atoms with Crippen LogP contribution < -0.4 is 10.5 Å². The average molecular weight is 311 g/mol. The van der Waals surface area contributed by atoms with Gasteiger partial charge in [0.05, 0.1) is 5.56 Å². The molecule has 4 nitrogen and oxygen atoms in total. The second-order valence-corrected chi connectivity index (χ2v) is 4.37. The minimum Gasteiger partial charge on any atom is -0.439 e. The molecule has 2 aromatic rings. The van der Waals surface area contributed by atoms with Crippen molar-refractivity contribution in [1.82, 2.24) is 4.98 Å². The molecule has 0 aliphatic rings. The van der Waals surface area contributed by atoms with Crippen LogP contribution >= 0.6 is 15.9 Å². The zero-order chi connectivity index (χ0) is 13.1. The van der Waals surface area contributed by atoms with Crippen LogP contribution in [0.1, 0.15) is 10.4 Å². The van der Waals surface area contributed by atoms with E-state index in [4.69, 9.17) is 10.5 Å². The van der Waals surface area contributed by atoms with Crippen molar-refractivity contribution in [2.24, 2.45) is 5.73 Å². The molecule has 0 bridgehead atoms. The van der Waals surface area contributed by atoms with Gasteiger partial charge in [-0.05, 0) is 18.2 Å². The second-order valence-electron chi connectivity index (χ2n) is 3.46. The normalized spacial score (nSPS) is 10.1. The standard InChI is InChI=1S/C12H8BrFN2O2/c13-8-3-9(14)5-10(4-8)18-11-2-1-7(6-16-11)12(15)17/h1-6H,(H2,15,17). The highest BCUT2D eigenvalue weighted by atomic mass is 79.9. The Morgan fingerprint density at radius 3 is 2.67 bits per heavy atom. The molecule has 0 aliphatic carbocycles. The van der Waals surface area contributed by atoms with Gasteiger partial charge in [-0.3, -0.25) is 4.79 Å². The number of ether oxygens (including phenoxy) is 1. The first-order valence-corrected chi connectivity index (χ1v) is 5.74. The fraction of sp³-hybridized carbons (Fsp3) is 0. The zero-order valence-corrected chi connectivity index (χ0v) is 10.6. The molecule has 0 aliphatic heterocycles. The summed E-state index contributed by atoms with van der Waals surface area (Å²) in [5.74, 6) is -0.436. The predicted octanol–water partition coefficient (Wildman–Crippen LogP) is 2.87. The van der Waals surface area contributed by atoms with E-state index >= 15 is 0 Å². The minimum absolute atomic E-state index is 0.248. The fourth-order valence-electron chi connectivity index (χ4n) is 1.29. The van der Waals surface area contributed by atoms with Crippen LogP contribution in [0, 0.1) is 5.82 Å². The van der Waals surface area contributed by atoms with Gasteiger partial charge in [-0.1, -0.05) is 15.9 Å². The molecule has 1 heterocycles. The summed E-state index contributed by atoms with van der Waals surface area (Å²) in [6, 6.07) is 7.12. The number of carbonyl (C=O) groups excluding carboxylic acids is 1. The maximum Gasteiger partial charge on any atom is 0.250 e. The molecule has 0 unspecified atom stereocenters. The van der Waals surface area contributed by atoms with Crippen molar-refractivity contribution in [1.29, 1.82) is 0 Å². The third kappa shape index (κ3) is 3.04. The number of primary amides is 1. The molecule has 0 spiro atoms. The lowest BCUT2D eigenvalue weighted by molar-refractivity contribution is 0.1000. The van der Waals surface area contributed by atoms with E-state index in [1.807, 2.05) is 0 Å². The molecule has 6 heteroatoms. The van der Waals surface area contributed by atoms with Crippen LogP contribution in [0.3, 0.4) is 0 Å². The van der Waals surface area contributed by atoms with Crippen molar-refractivity contribution >= 4 is 21.8 Å². The lowest BCUT2D eigenvalue weighted by Gasteiger charge is -2.05. The smallest absolute Gasteiger partial charge is 0.250 e. The third-order valence-corrected chi connectivity index (χ3v) is 2.54. The van der Waals surface area contributed by atoms with Gasteiger partial charge >= 0.3 is 0 Å². The van der Waals surface area contributed by atoms with E-state index in [2.05, 4.69) is 20.9 Å². The van der Waals surface area contributed by atoms with Crippen LogP contribution in [0.2, 0.25) is 0 Å². The number of benzene rings is 1.